The molecule has 1 aromatic carbocycles. The van der Waals surface area contributed by atoms with Crippen LogP contribution in [0, 0.1) is 5.41 Å². The normalized spacial score (nSPS) is 11.7. The van der Waals surface area contributed by atoms with Crippen molar-refractivity contribution in [1.29, 1.82) is 0 Å². The molecule has 0 atom stereocenters. The maximum atomic E-state index is 6.09. The van der Waals surface area contributed by atoms with Crippen LogP contribution in [0.15, 0.2) is 30.3 Å². The second-order valence-electron chi connectivity index (χ2n) is 5.11. The zero-order valence-electron chi connectivity index (χ0n) is 11.7. The van der Waals surface area contributed by atoms with Crippen LogP contribution in [0.1, 0.15) is 38.7 Å². The number of hydrogen-bond acceptors (Lipinski definition) is 1. The molecule has 0 unspecified atom stereocenters. The largest absolute Gasteiger partial charge is 0.316 e. The van der Waals surface area contributed by atoms with Gasteiger partial charge in [0.15, 0.2) is 0 Å². The van der Waals surface area contributed by atoms with Gasteiger partial charge in [-0.25, -0.2) is 0 Å². The fraction of sp³-hybridized carbons (Fsp3) is 0.625. The molecule has 18 heavy (non-hydrogen) atoms. The zero-order valence-corrected chi connectivity index (χ0v) is 12.5. The molecule has 2 heteroatoms. The first-order valence-electron chi connectivity index (χ1n) is 7.07. The van der Waals surface area contributed by atoms with Gasteiger partial charge in [0.1, 0.15) is 0 Å². The molecular weight excluding hydrogens is 242 g/mol. The highest BCUT2D eigenvalue weighted by molar-refractivity contribution is 6.18. The molecule has 0 aliphatic heterocycles. The number of rotatable bonds is 9. The van der Waals surface area contributed by atoms with Gasteiger partial charge in [-0.1, -0.05) is 44.2 Å². The quantitative estimate of drug-likeness (QED) is 0.521. The van der Waals surface area contributed by atoms with Gasteiger partial charge in [0.2, 0.25) is 0 Å². The SMILES string of the molecule is CCC(CC)(CCl)CNCCCc1ccccc1. The Balaban J connectivity index is 2.18. The number of halogens is 1. The number of benzene rings is 1. The van der Waals surface area contributed by atoms with Crippen molar-refractivity contribution in [3.05, 3.63) is 35.9 Å². The molecule has 0 saturated heterocycles. The molecule has 0 aromatic heterocycles. The number of nitrogens with one attached hydrogen (secondary N) is 1. The summed E-state index contributed by atoms with van der Waals surface area (Å²) in [5.41, 5.74) is 1.71. The van der Waals surface area contributed by atoms with Gasteiger partial charge in [-0.05, 0) is 43.2 Å². The van der Waals surface area contributed by atoms with Crippen LogP contribution in [0.5, 0.6) is 0 Å². The van der Waals surface area contributed by atoms with Crippen LogP contribution in [0.3, 0.4) is 0 Å². The highest BCUT2D eigenvalue weighted by Crippen LogP contribution is 2.26. The Morgan fingerprint density at radius 2 is 1.78 bits per heavy atom. The summed E-state index contributed by atoms with van der Waals surface area (Å²) in [6.07, 6.45) is 4.65. The molecular formula is C16H26ClN. The van der Waals surface area contributed by atoms with Crippen LogP contribution in [0.2, 0.25) is 0 Å². The first-order chi connectivity index (χ1) is 8.76. The highest BCUT2D eigenvalue weighted by Gasteiger charge is 2.24. The van der Waals surface area contributed by atoms with E-state index in [4.69, 9.17) is 11.6 Å². The minimum absolute atomic E-state index is 0.286. The van der Waals surface area contributed by atoms with Gasteiger partial charge >= 0.3 is 0 Å². The molecule has 0 fully saturated rings. The van der Waals surface area contributed by atoms with E-state index in [9.17, 15) is 0 Å². The van der Waals surface area contributed by atoms with Gasteiger partial charge in [0.05, 0.1) is 0 Å². The van der Waals surface area contributed by atoms with Gasteiger partial charge in [-0.2, -0.15) is 0 Å². The molecule has 0 radical (unpaired) electrons. The van der Waals surface area contributed by atoms with Crippen LogP contribution < -0.4 is 5.32 Å². The summed E-state index contributed by atoms with van der Waals surface area (Å²) < 4.78 is 0. The Morgan fingerprint density at radius 1 is 1.11 bits per heavy atom. The van der Waals surface area contributed by atoms with E-state index in [1.54, 1.807) is 0 Å². The van der Waals surface area contributed by atoms with Gasteiger partial charge in [0, 0.05) is 12.4 Å². The van der Waals surface area contributed by atoms with E-state index in [1.165, 1.54) is 12.0 Å². The van der Waals surface area contributed by atoms with Gasteiger partial charge < -0.3 is 5.32 Å². The standard InChI is InChI=1S/C16H26ClN/c1-3-16(4-2,13-17)14-18-12-8-11-15-9-6-5-7-10-15/h5-7,9-10,18H,3-4,8,11-14H2,1-2H3. The summed E-state index contributed by atoms with van der Waals surface area (Å²) in [4.78, 5) is 0. The molecule has 0 bridgehead atoms. The van der Waals surface area contributed by atoms with E-state index in [0.29, 0.717) is 0 Å². The van der Waals surface area contributed by atoms with Crippen molar-refractivity contribution in [2.45, 2.75) is 39.5 Å². The van der Waals surface area contributed by atoms with Crippen molar-refractivity contribution < 1.29 is 0 Å². The predicted molar refractivity (Wildman–Crippen MR) is 81.4 cm³/mol. The van der Waals surface area contributed by atoms with Crippen molar-refractivity contribution in [3.8, 4) is 0 Å². The summed E-state index contributed by atoms with van der Waals surface area (Å²) in [5, 5.41) is 3.56. The third-order valence-corrected chi connectivity index (χ3v) is 4.51. The zero-order chi connectivity index (χ0) is 13.3. The molecule has 0 aliphatic carbocycles. The van der Waals surface area contributed by atoms with Crippen molar-refractivity contribution in [2.24, 2.45) is 5.41 Å². The topological polar surface area (TPSA) is 12.0 Å². The summed E-state index contributed by atoms with van der Waals surface area (Å²) >= 11 is 6.09. The van der Waals surface area contributed by atoms with Crippen LogP contribution >= 0.6 is 11.6 Å². The Labute approximate surface area is 117 Å². The fourth-order valence-electron chi connectivity index (χ4n) is 2.15. The number of aryl methyl sites for hydroxylation is 1. The van der Waals surface area contributed by atoms with Crippen LogP contribution in [-0.4, -0.2) is 19.0 Å². The molecule has 102 valence electrons. The molecule has 0 heterocycles. The summed E-state index contributed by atoms with van der Waals surface area (Å²) in [7, 11) is 0. The summed E-state index contributed by atoms with van der Waals surface area (Å²) in [6, 6.07) is 10.7. The lowest BCUT2D eigenvalue weighted by Gasteiger charge is -2.29. The second kappa shape index (κ2) is 8.55. The van der Waals surface area contributed by atoms with Crippen molar-refractivity contribution in [1.82, 2.24) is 5.32 Å². The fourth-order valence-corrected chi connectivity index (χ4v) is 2.62. The first-order valence-corrected chi connectivity index (χ1v) is 7.60. The van der Waals surface area contributed by atoms with E-state index < -0.39 is 0 Å². The Hall–Kier alpha value is -0.530. The molecule has 0 amide bonds. The van der Waals surface area contributed by atoms with E-state index in [2.05, 4.69) is 49.5 Å². The maximum Gasteiger partial charge on any atom is 0.0291 e. The molecule has 1 nitrogen and oxygen atoms in total. The van der Waals surface area contributed by atoms with E-state index in [1.807, 2.05) is 0 Å². The molecule has 0 saturated carbocycles. The summed E-state index contributed by atoms with van der Waals surface area (Å²) in [6.45, 7) is 6.58. The lowest BCUT2D eigenvalue weighted by Crippen LogP contribution is -2.35. The molecule has 0 spiro atoms. The van der Waals surface area contributed by atoms with Gasteiger partial charge in [-0.15, -0.1) is 11.6 Å². The molecule has 1 N–H and O–H groups in total. The molecule has 1 rings (SSSR count). The minimum atomic E-state index is 0.286. The van der Waals surface area contributed by atoms with E-state index >= 15 is 0 Å². The maximum absolute atomic E-state index is 6.09. The second-order valence-corrected chi connectivity index (χ2v) is 5.37. The molecule has 1 aromatic rings. The Morgan fingerprint density at radius 3 is 2.33 bits per heavy atom. The van der Waals surface area contributed by atoms with Crippen molar-refractivity contribution >= 4 is 11.6 Å². The smallest absolute Gasteiger partial charge is 0.0291 e. The minimum Gasteiger partial charge on any atom is -0.316 e. The summed E-state index contributed by atoms with van der Waals surface area (Å²) in [5.74, 6) is 0.756. The lowest BCUT2D eigenvalue weighted by atomic mass is 9.84. The Bertz CT molecular complexity index is 298. The van der Waals surface area contributed by atoms with Gasteiger partial charge in [-0.3, -0.25) is 0 Å². The third-order valence-electron chi connectivity index (χ3n) is 3.95. The van der Waals surface area contributed by atoms with Crippen molar-refractivity contribution in [2.75, 3.05) is 19.0 Å². The third kappa shape index (κ3) is 4.99. The van der Waals surface area contributed by atoms with Gasteiger partial charge in [0.25, 0.3) is 0 Å². The van der Waals surface area contributed by atoms with Crippen LogP contribution in [-0.2, 0) is 6.42 Å². The average Bonchev–Trinajstić information content (AvgIpc) is 2.45. The molecule has 0 aliphatic rings. The van der Waals surface area contributed by atoms with Crippen LogP contribution in [0.4, 0.5) is 0 Å². The first kappa shape index (κ1) is 15.5. The van der Waals surface area contributed by atoms with Crippen LogP contribution in [0.25, 0.3) is 0 Å². The lowest BCUT2D eigenvalue weighted by molar-refractivity contribution is 0.287. The highest BCUT2D eigenvalue weighted by atomic mass is 35.5. The van der Waals surface area contributed by atoms with E-state index in [0.717, 1.165) is 38.2 Å². The predicted octanol–water partition coefficient (Wildman–Crippen LogP) is 4.25. The van der Waals surface area contributed by atoms with Crippen molar-refractivity contribution in [3.63, 3.8) is 0 Å². The Kier molecular flexibility index (Phi) is 7.38. The average molecular weight is 268 g/mol. The monoisotopic (exact) mass is 267 g/mol. The number of hydrogen-bond donors (Lipinski definition) is 1. The van der Waals surface area contributed by atoms with E-state index in [-0.39, 0.29) is 5.41 Å². The number of alkyl halides is 1.